The Kier molecular flexibility index (Phi) is 4.50. The smallest absolute Gasteiger partial charge is 0.197 e. The first-order chi connectivity index (χ1) is 5.91. The maximum atomic E-state index is 10.9. The lowest BCUT2D eigenvalue weighted by atomic mass is 10.7. The van der Waals surface area contributed by atoms with Crippen LogP contribution in [0.3, 0.4) is 0 Å². The quantitative estimate of drug-likeness (QED) is 0.683. The number of hydrogen-bond donors (Lipinski definition) is 0. The third-order valence-corrected chi connectivity index (χ3v) is 2.52. The minimum atomic E-state index is -3.84. The molecule has 0 radical (unpaired) electrons. The largest absolute Gasteiger partial charge is 0.220 e. The average molecular weight is 237 g/mol. The molecule has 13 heavy (non-hydrogen) atoms. The van der Waals surface area contributed by atoms with Crippen molar-refractivity contribution in [1.82, 2.24) is 0 Å². The topological polar surface area (TPSA) is 81.7 Å². The summed E-state index contributed by atoms with van der Waals surface area (Å²) in [7, 11) is -3.84. The van der Waals surface area contributed by atoms with E-state index in [2.05, 4.69) is 0 Å². The summed E-state index contributed by atoms with van der Waals surface area (Å²) in [6, 6.07) is 2.81. The van der Waals surface area contributed by atoms with E-state index in [9.17, 15) is 8.42 Å². The first-order valence-corrected chi connectivity index (χ1v) is 5.07. The summed E-state index contributed by atoms with van der Waals surface area (Å²) in [5.41, 5.74) is 0. The van der Waals surface area contributed by atoms with Gasteiger partial charge < -0.3 is 0 Å². The Morgan fingerprint density at radius 3 is 1.62 bits per heavy atom. The molecular formula is C6H2Cl2N2O2S. The summed E-state index contributed by atoms with van der Waals surface area (Å²) in [4.78, 5) is 0. The van der Waals surface area contributed by atoms with Crippen molar-refractivity contribution in [3.05, 3.63) is 20.9 Å². The Balaban J connectivity index is 5.10. The molecule has 0 aliphatic rings. The Hall–Kier alpha value is -1.01. The fourth-order valence-corrected chi connectivity index (χ4v) is 1.87. The minimum Gasteiger partial charge on any atom is -0.220 e. The maximum absolute atomic E-state index is 10.9. The van der Waals surface area contributed by atoms with Crippen molar-refractivity contribution in [1.29, 1.82) is 10.5 Å². The van der Waals surface area contributed by atoms with Crippen molar-refractivity contribution in [2.75, 3.05) is 0 Å². The second-order valence-electron chi connectivity index (χ2n) is 1.74. The molecule has 68 valence electrons. The van der Waals surface area contributed by atoms with E-state index in [1.807, 2.05) is 0 Å². The number of rotatable bonds is 2. The summed E-state index contributed by atoms with van der Waals surface area (Å²) in [5.74, 6) is 0. The zero-order valence-corrected chi connectivity index (χ0v) is 8.36. The maximum Gasteiger partial charge on any atom is 0.197 e. The molecular weight excluding hydrogens is 235 g/mol. The van der Waals surface area contributed by atoms with Crippen molar-refractivity contribution >= 4 is 33.0 Å². The molecule has 0 heterocycles. The Morgan fingerprint density at radius 1 is 1.08 bits per heavy atom. The van der Waals surface area contributed by atoms with Crippen molar-refractivity contribution in [2.45, 2.75) is 0 Å². The number of halogens is 2. The lowest BCUT2D eigenvalue weighted by Crippen LogP contribution is -1.90. The van der Waals surface area contributed by atoms with E-state index in [4.69, 9.17) is 33.7 Å². The van der Waals surface area contributed by atoms with Gasteiger partial charge in [0, 0.05) is 0 Å². The van der Waals surface area contributed by atoms with E-state index in [0.717, 1.165) is 0 Å². The predicted octanol–water partition coefficient (Wildman–Crippen LogP) is 1.61. The van der Waals surface area contributed by atoms with Crippen LogP contribution in [0.5, 0.6) is 0 Å². The van der Waals surface area contributed by atoms with E-state index in [1.165, 1.54) is 12.1 Å². The third-order valence-electron chi connectivity index (χ3n) is 0.749. The lowest BCUT2D eigenvalue weighted by Gasteiger charge is -1.87. The van der Waals surface area contributed by atoms with Crippen LogP contribution in [0.15, 0.2) is 20.9 Å². The molecule has 0 fully saturated rings. The van der Waals surface area contributed by atoms with Gasteiger partial charge >= 0.3 is 0 Å². The fourth-order valence-electron chi connectivity index (χ4n) is 0.375. The van der Waals surface area contributed by atoms with Gasteiger partial charge in [0.1, 0.15) is 22.2 Å². The van der Waals surface area contributed by atoms with Gasteiger partial charge in [-0.25, -0.2) is 8.42 Å². The summed E-state index contributed by atoms with van der Waals surface area (Å²) in [6.07, 6.45) is 0. The van der Waals surface area contributed by atoms with E-state index in [1.54, 1.807) is 0 Å². The SMILES string of the molecule is N#CC(Cl)=CS(=O)(=O)C=C(Cl)C#N. The van der Waals surface area contributed by atoms with Crippen LogP contribution in [0.1, 0.15) is 0 Å². The molecule has 0 aromatic heterocycles. The van der Waals surface area contributed by atoms with Crippen LogP contribution < -0.4 is 0 Å². The van der Waals surface area contributed by atoms with Crippen molar-refractivity contribution in [3.63, 3.8) is 0 Å². The molecule has 0 saturated heterocycles. The van der Waals surface area contributed by atoms with Gasteiger partial charge in [-0.15, -0.1) is 0 Å². The zero-order valence-electron chi connectivity index (χ0n) is 6.03. The number of nitriles is 2. The van der Waals surface area contributed by atoms with Crippen molar-refractivity contribution in [3.8, 4) is 12.1 Å². The summed E-state index contributed by atoms with van der Waals surface area (Å²) >= 11 is 10.3. The molecule has 0 aliphatic carbocycles. The molecule has 0 unspecified atom stereocenters. The van der Waals surface area contributed by atoms with E-state index >= 15 is 0 Å². The highest BCUT2D eigenvalue weighted by molar-refractivity contribution is 7.97. The molecule has 0 aliphatic heterocycles. The Bertz CT molecular complexity index is 400. The molecule has 0 aromatic carbocycles. The van der Waals surface area contributed by atoms with Crippen molar-refractivity contribution in [2.24, 2.45) is 0 Å². The van der Waals surface area contributed by atoms with Gasteiger partial charge in [-0.05, 0) is 0 Å². The van der Waals surface area contributed by atoms with Crippen LogP contribution in [0.25, 0.3) is 0 Å². The highest BCUT2D eigenvalue weighted by Gasteiger charge is 2.05. The number of allylic oxidation sites excluding steroid dienone is 2. The molecule has 0 N–H and O–H groups in total. The zero-order chi connectivity index (χ0) is 10.5. The van der Waals surface area contributed by atoms with Crippen molar-refractivity contribution < 1.29 is 8.42 Å². The molecule has 0 aromatic rings. The molecule has 0 atom stereocenters. The molecule has 0 saturated carbocycles. The monoisotopic (exact) mass is 236 g/mol. The minimum absolute atomic E-state index is 0.501. The fraction of sp³-hybridized carbons (Fsp3) is 0. The number of sulfone groups is 1. The average Bonchev–Trinajstić information content (AvgIpc) is 2.02. The van der Waals surface area contributed by atoms with Gasteiger partial charge in [-0.2, -0.15) is 10.5 Å². The third kappa shape index (κ3) is 5.26. The Labute approximate surface area is 85.2 Å². The van der Waals surface area contributed by atoms with Gasteiger partial charge in [-0.1, -0.05) is 23.2 Å². The molecule has 0 spiro atoms. The summed E-state index contributed by atoms with van der Waals surface area (Å²) < 4.78 is 21.9. The van der Waals surface area contributed by atoms with Crippen LogP contribution in [0, 0.1) is 22.7 Å². The number of hydrogen-bond acceptors (Lipinski definition) is 4. The van der Waals surface area contributed by atoms with Gasteiger partial charge in [0.05, 0.1) is 10.8 Å². The normalized spacial score (nSPS) is 13.2. The molecule has 0 bridgehead atoms. The lowest BCUT2D eigenvalue weighted by molar-refractivity contribution is 0.612. The van der Waals surface area contributed by atoms with Crippen LogP contribution in [0.4, 0.5) is 0 Å². The van der Waals surface area contributed by atoms with E-state index in [0.29, 0.717) is 10.8 Å². The molecule has 0 rings (SSSR count). The van der Waals surface area contributed by atoms with Crippen LogP contribution in [-0.2, 0) is 9.84 Å². The highest BCUT2D eigenvalue weighted by atomic mass is 35.5. The van der Waals surface area contributed by atoms with Gasteiger partial charge in [0.2, 0.25) is 0 Å². The predicted molar refractivity (Wildman–Crippen MR) is 48.0 cm³/mol. The first kappa shape index (κ1) is 12.0. The first-order valence-electron chi connectivity index (χ1n) is 2.71. The van der Waals surface area contributed by atoms with E-state index < -0.39 is 19.9 Å². The molecule has 4 nitrogen and oxygen atoms in total. The second kappa shape index (κ2) is 4.88. The van der Waals surface area contributed by atoms with E-state index in [-0.39, 0.29) is 0 Å². The van der Waals surface area contributed by atoms with Crippen LogP contribution >= 0.6 is 23.2 Å². The number of nitrogens with zero attached hydrogens (tertiary/aromatic N) is 2. The standard InChI is InChI=1S/C6H2Cl2N2O2S/c7-5(1-9)3-13(11,12)4-6(8)2-10/h3-4H. The molecule has 7 heteroatoms. The van der Waals surface area contributed by atoms with Crippen LogP contribution in [-0.4, -0.2) is 8.42 Å². The molecule has 0 amide bonds. The van der Waals surface area contributed by atoms with Gasteiger partial charge in [0.15, 0.2) is 9.84 Å². The Morgan fingerprint density at radius 2 is 1.38 bits per heavy atom. The second-order valence-corrected chi connectivity index (χ2v) is 4.21. The van der Waals surface area contributed by atoms with Gasteiger partial charge in [0.25, 0.3) is 0 Å². The van der Waals surface area contributed by atoms with Crippen LogP contribution in [0.2, 0.25) is 0 Å². The summed E-state index contributed by atoms with van der Waals surface area (Å²) in [5, 5.41) is 16.3. The summed E-state index contributed by atoms with van der Waals surface area (Å²) in [6.45, 7) is 0. The highest BCUT2D eigenvalue weighted by Crippen LogP contribution is 2.09. The van der Waals surface area contributed by atoms with Gasteiger partial charge in [-0.3, -0.25) is 0 Å².